The van der Waals surface area contributed by atoms with Crippen molar-refractivity contribution in [3.63, 3.8) is 0 Å². The number of nitrogens with one attached hydrogen (secondary N) is 2. The molecule has 3 aromatic heterocycles. The first-order chi connectivity index (χ1) is 11.6. The lowest BCUT2D eigenvalue weighted by Crippen LogP contribution is -2.41. The van der Waals surface area contributed by atoms with Crippen LogP contribution in [0.4, 0.5) is 0 Å². The second kappa shape index (κ2) is 7.09. The van der Waals surface area contributed by atoms with E-state index in [2.05, 4.69) is 21.0 Å². The molecule has 2 N–H and O–H groups in total. The zero-order valence-electron chi connectivity index (χ0n) is 12.7. The maximum atomic E-state index is 11.8. The standard InChI is InChI=1S/C15H14N4O4S/c1-9-10(6-7-22-9)15(21)18-17-12(20)4-5-13-16-14(19-23-13)11-3-2-8-24-11/h2-3,6-8H,4-5H2,1H3,(H,17,20)(H,18,21). The zero-order valence-corrected chi connectivity index (χ0v) is 13.6. The van der Waals surface area contributed by atoms with Crippen molar-refractivity contribution in [1.82, 2.24) is 21.0 Å². The lowest BCUT2D eigenvalue weighted by molar-refractivity contribution is -0.121. The Morgan fingerprint density at radius 3 is 2.88 bits per heavy atom. The summed E-state index contributed by atoms with van der Waals surface area (Å²) < 4.78 is 10.1. The summed E-state index contributed by atoms with van der Waals surface area (Å²) >= 11 is 1.51. The fourth-order valence-electron chi connectivity index (χ4n) is 1.96. The van der Waals surface area contributed by atoms with Gasteiger partial charge in [0.15, 0.2) is 0 Å². The van der Waals surface area contributed by atoms with Crippen molar-refractivity contribution in [3.05, 3.63) is 47.1 Å². The summed E-state index contributed by atoms with van der Waals surface area (Å²) in [4.78, 5) is 28.7. The Labute approximate surface area is 140 Å². The first-order valence-electron chi connectivity index (χ1n) is 7.13. The molecular weight excluding hydrogens is 332 g/mol. The number of hydrogen-bond acceptors (Lipinski definition) is 7. The molecule has 0 fully saturated rings. The van der Waals surface area contributed by atoms with Gasteiger partial charge in [-0.25, -0.2) is 0 Å². The van der Waals surface area contributed by atoms with E-state index in [4.69, 9.17) is 8.94 Å². The number of nitrogens with zero attached hydrogens (tertiary/aromatic N) is 2. The van der Waals surface area contributed by atoms with Crippen molar-refractivity contribution in [2.45, 2.75) is 19.8 Å². The summed E-state index contributed by atoms with van der Waals surface area (Å²) in [6, 6.07) is 5.31. The largest absolute Gasteiger partial charge is 0.469 e. The van der Waals surface area contributed by atoms with E-state index in [0.717, 1.165) is 4.88 Å². The maximum absolute atomic E-state index is 11.8. The number of furan rings is 1. The van der Waals surface area contributed by atoms with Crippen LogP contribution < -0.4 is 10.9 Å². The molecule has 0 aliphatic heterocycles. The van der Waals surface area contributed by atoms with Gasteiger partial charge in [-0.15, -0.1) is 11.3 Å². The van der Waals surface area contributed by atoms with Crippen LogP contribution in [-0.4, -0.2) is 22.0 Å². The predicted octanol–water partition coefficient (Wildman–Crippen LogP) is 2.09. The van der Waals surface area contributed by atoms with Crippen LogP contribution in [0.2, 0.25) is 0 Å². The number of hydrogen-bond donors (Lipinski definition) is 2. The lowest BCUT2D eigenvalue weighted by atomic mass is 10.2. The fraction of sp³-hybridized carbons (Fsp3) is 0.200. The van der Waals surface area contributed by atoms with Gasteiger partial charge in [0.05, 0.1) is 16.7 Å². The lowest BCUT2D eigenvalue weighted by Gasteiger charge is -2.05. The molecule has 0 radical (unpaired) electrons. The quantitative estimate of drug-likeness (QED) is 0.685. The van der Waals surface area contributed by atoms with Gasteiger partial charge in [-0.3, -0.25) is 20.4 Å². The average molecular weight is 346 g/mol. The van der Waals surface area contributed by atoms with Gasteiger partial charge in [-0.1, -0.05) is 11.2 Å². The number of amides is 2. The van der Waals surface area contributed by atoms with Crippen LogP contribution in [0.5, 0.6) is 0 Å². The molecule has 2 amide bonds. The highest BCUT2D eigenvalue weighted by atomic mass is 32.1. The Hall–Kier alpha value is -2.94. The third kappa shape index (κ3) is 3.69. The third-order valence-electron chi connectivity index (χ3n) is 3.19. The van der Waals surface area contributed by atoms with Crippen LogP contribution >= 0.6 is 11.3 Å². The molecular formula is C15H14N4O4S. The van der Waals surface area contributed by atoms with Crippen molar-refractivity contribution in [3.8, 4) is 10.7 Å². The van der Waals surface area contributed by atoms with Gasteiger partial charge >= 0.3 is 0 Å². The van der Waals surface area contributed by atoms with Crippen LogP contribution in [0, 0.1) is 6.92 Å². The molecule has 9 heteroatoms. The minimum atomic E-state index is -0.438. The van der Waals surface area contributed by atoms with Crippen molar-refractivity contribution >= 4 is 23.2 Å². The monoisotopic (exact) mass is 346 g/mol. The van der Waals surface area contributed by atoms with E-state index in [1.165, 1.54) is 23.7 Å². The Morgan fingerprint density at radius 1 is 1.29 bits per heavy atom. The Bertz CT molecular complexity index is 837. The molecule has 0 unspecified atom stereocenters. The highest BCUT2D eigenvalue weighted by Gasteiger charge is 2.14. The first-order valence-corrected chi connectivity index (χ1v) is 8.01. The molecule has 124 valence electrons. The first kappa shape index (κ1) is 15.9. The highest BCUT2D eigenvalue weighted by molar-refractivity contribution is 7.13. The minimum Gasteiger partial charge on any atom is -0.469 e. The predicted molar refractivity (Wildman–Crippen MR) is 85.0 cm³/mol. The van der Waals surface area contributed by atoms with Gasteiger partial charge in [0.1, 0.15) is 5.76 Å². The van der Waals surface area contributed by atoms with Crippen molar-refractivity contribution in [2.75, 3.05) is 0 Å². The summed E-state index contributed by atoms with van der Waals surface area (Å²) in [5.41, 5.74) is 5.03. The number of rotatable bonds is 5. The fourth-order valence-corrected chi connectivity index (χ4v) is 2.61. The van der Waals surface area contributed by atoms with Gasteiger partial charge in [-0.2, -0.15) is 4.98 Å². The highest BCUT2D eigenvalue weighted by Crippen LogP contribution is 2.21. The van der Waals surface area contributed by atoms with Crippen LogP contribution in [0.25, 0.3) is 10.7 Å². The van der Waals surface area contributed by atoms with Crippen LogP contribution in [0.1, 0.15) is 28.4 Å². The van der Waals surface area contributed by atoms with Crippen LogP contribution in [-0.2, 0) is 11.2 Å². The third-order valence-corrected chi connectivity index (χ3v) is 4.06. The van der Waals surface area contributed by atoms with Gasteiger partial charge in [0, 0.05) is 12.8 Å². The van der Waals surface area contributed by atoms with Crippen molar-refractivity contribution in [2.24, 2.45) is 0 Å². The number of carbonyl (C=O) groups is 2. The number of aromatic nitrogens is 2. The van der Waals surface area contributed by atoms with Crippen molar-refractivity contribution in [1.29, 1.82) is 0 Å². The topological polar surface area (TPSA) is 110 Å². The van der Waals surface area contributed by atoms with Gasteiger partial charge in [0.2, 0.25) is 17.6 Å². The van der Waals surface area contributed by atoms with E-state index in [1.807, 2.05) is 17.5 Å². The van der Waals surface area contributed by atoms with Gasteiger partial charge < -0.3 is 8.94 Å². The molecule has 3 aromatic rings. The van der Waals surface area contributed by atoms with Crippen molar-refractivity contribution < 1.29 is 18.5 Å². The summed E-state index contributed by atoms with van der Waals surface area (Å²) in [5.74, 6) is 0.552. The average Bonchev–Trinajstić information content (AvgIpc) is 3.30. The van der Waals surface area contributed by atoms with Gasteiger partial charge in [-0.05, 0) is 24.4 Å². The van der Waals surface area contributed by atoms with E-state index < -0.39 is 5.91 Å². The zero-order chi connectivity index (χ0) is 16.9. The van der Waals surface area contributed by atoms with Gasteiger partial charge in [0.25, 0.3) is 5.91 Å². The summed E-state index contributed by atoms with van der Waals surface area (Å²) in [6.07, 6.45) is 1.80. The van der Waals surface area contributed by atoms with E-state index in [-0.39, 0.29) is 18.7 Å². The summed E-state index contributed by atoms with van der Waals surface area (Å²) in [5, 5.41) is 5.79. The Kier molecular flexibility index (Phi) is 4.71. The molecule has 0 spiro atoms. The molecule has 3 rings (SSSR count). The second-order valence-corrected chi connectivity index (χ2v) is 5.83. The maximum Gasteiger partial charge on any atom is 0.273 e. The summed E-state index contributed by atoms with van der Waals surface area (Å²) in [6.45, 7) is 1.66. The molecule has 0 aliphatic carbocycles. The summed E-state index contributed by atoms with van der Waals surface area (Å²) in [7, 11) is 0. The molecule has 3 heterocycles. The molecule has 0 atom stereocenters. The van der Waals surface area contributed by atoms with E-state index in [9.17, 15) is 9.59 Å². The number of thiophene rings is 1. The van der Waals surface area contributed by atoms with Crippen LogP contribution in [0.15, 0.2) is 38.8 Å². The second-order valence-electron chi connectivity index (χ2n) is 4.88. The molecule has 0 aromatic carbocycles. The van der Waals surface area contributed by atoms with E-state index >= 15 is 0 Å². The van der Waals surface area contributed by atoms with E-state index in [0.29, 0.717) is 23.0 Å². The normalized spacial score (nSPS) is 10.5. The molecule has 0 saturated carbocycles. The SMILES string of the molecule is Cc1occc1C(=O)NNC(=O)CCc1nc(-c2cccs2)no1. The molecule has 0 bridgehead atoms. The van der Waals surface area contributed by atoms with Crippen LogP contribution in [0.3, 0.4) is 0 Å². The Morgan fingerprint density at radius 2 is 2.17 bits per heavy atom. The molecule has 0 aliphatic rings. The Balaban J connectivity index is 1.46. The number of carbonyl (C=O) groups excluding carboxylic acids is 2. The number of aryl methyl sites for hydroxylation is 2. The smallest absolute Gasteiger partial charge is 0.273 e. The number of hydrazine groups is 1. The molecule has 24 heavy (non-hydrogen) atoms. The minimum absolute atomic E-state index is 0.108. The van der Waals surface area contributed by atoms with E-state index in [1.54, 1.807) is 6.92 Å². The molecule has 0 saturated heterocycles. The molecule has 8 nitrogen and oxygen atoms in total.